The van der Waals surface area contributed by atoms with Crippen LogP contribution in [0.15, 0.2) is 41.5 Å². The van der Waals surface area contributed by atoms with E-state index < -0.39 is 83.1 Å². The molecule has 4 aromatic rings. The highest BCUT2D eigenvalue weighted by Crippen LogP contribution is 2.46. The molecule has 18 heteroatoms. The molecule has 6 N–H and O–H groups in total. The number of nitrogens with two attached hydrogens (primary N) is 1. The number of nitrogens with one attached hydrogen (secondary N) is 3. The van der Waals surface area contributed by atoms with Gasteiger partial charge >= 0.3 is 5.97 Å². The highest BCUT2D eigenvalue weighted by molar-refractivity contribution is 5.97. The molecule has 0 spiro atoms. The molecule has 0 saturated carbocycles. The molecule has 5 atom stereocenters. The lowest BCUT2D eigenvalue weighted by molar-refractivity contribution is -0.172. The van der Waals surface area contributed by atoms with Crippen LogP contribution in [0.4, 0.5) is 4.39 Å². The number of ether oxygens (including phenoxy) is 1. The minimum atomic E-state index is -2.07. The van der Waals surface area contributed by atoms with Crippen LogP contribution in [0.2, 0.25) is 0 Å². The number of aromatic nitrogens is 3. The Morgan fingerprint density at radius 1 is 1.08 bits per heavy atom. The third-order valence-electron chi connectivity index (χ3n) is 11.9. The van der Waals surface area contributed by atoms with E-state index in [1.54, 1.807) is 44.4 Å². The van der Waals surface area contributed by atoms with Gasteiger partial charge in [-0.1, -0.05) is 6.92 Å². The lowest BCUT2D eigenvalue weighted by Gasteiger charge is -2.32. The SMILES string of the molecule is CC[C@@]1(O)C(=O)OCc2c1cc1n(c2=O)Cc2c-1nc1cc(F)c(C)c3c1c2[C@@H](NC(=O)[C@H](CC(N)=O)NC(=O)[C@H](C)N(C)C(=O)[C@H](C)NC(=O)Cc1ccncc1)CC3. The predicted octanol–water partition coefficient (Wildman–Crippen LogP) is 0.980. The van der Waals surface area contributed by atoms with Crippen molar-refractivity contribution in [2.24, 2.45) is 5.73 Å². The smallest absolute Gasteiger partial charge is 0.343 e. The molecule has 0 bridgehead atoms. The van der Waals surface area contributed by atoms with Crippen LogP contribution in [0.5, 0.6) is 0 Å². The summed E-state index contributed by atoms with van der Waals surface area (Å²) in [6, 6.07) is 1.75. The number of rotatable bonds is 12. The summed E-state index contributed by atoms with van der Waals surface area (Å²) in [6.45, 7) is 5.80. The quantitative estimate of drug-likeness (QED) is 0.111. The zero-order valence-electron chi connectivity index (χ0n) is 33.7. The Morgan fingerprint density at radius 2 is 1.80 bits per heavy atom. The van der Waals surface area contributed by atoms with E-state index in [9.17, 15) is 38.7 Å². The van der Waals surface area contributed by atoms with Crippen LogP contribution < -0.4 is 27.2 Å². The molecule has 3 aliphatic rings. The van der Waals surface area contributed by atoms with E-state index in [1.807, 2.05) is 0 Å². The highest BCUT2D eigenvalue weighted by Gasteiger charge is 2.46. The van der Waals surface area contributed by atoms with E-state index >= 15 is 4.39 Å². The van der Waals surface area contributed by atoms with Gasteiger partial charge in [-0.05, 0) is 80.5 Å². The number of amides is 5. The first-order valence-corrected chi connectivity index (χ1v) is 19.6. The summed E-state index contributed by atoms with van der Waals surface area (Å²) in [5.74, 6) is -4.81. The predicted molar refractivity (Wildman–Crippen MR) is 212 cm³/mol. The standard InChI is InChI=1S/C42H45FN8O9/c1-6-42(59)26-14-31-36-24(17-51(31)40(57)25(26)18-60-41(42)58)35-28(8-7-23-19(2)27(43)15-29(47-36)34(23)35)48-38(55)30(16-32(44)52)49-37(54)21(4)50(5)39(56)20(3)46-33(53)13-22-9-11-45-12-10-22/h9-12,14-15,20-21,28,30,59H,6-8,13,16-18H2,1-5H3,(H2,44,52)(H,46,53)(H,48,55)(H,49,54)/t20-,21-,28-,30-,42-/m0/s1. The molecule has 1 aromatic carbocycles. The van der Waals surface area contributed by atoms with Gasteiger partial charge in [-0.25, -0.2) is 14.2 Å². The van der Waals surface area contributed by atoms with E-state index in [2.05, 4.69) is 20.9 Å². The minimum Gasteiger partial charge on any atom is -0.458 e. The second-order valence-corrected chi connectivity index (χ2v) is 15.6. The van der Waals surface area contributed by atoms with Crippen molar-refractivity contribution in [3.63, 3.8) is 0 Å². The van der Waals surface area contributed by atoms with Crippen LogP contribution in [0, 0.1) is 12.7 Å². The molecular formula is C42H45FN8O9. The summed E-state index contributed by atoms with van der Waals surface area (Å²) < 4.78 is 22.1. The van der Waals surface area contributed by atoms with Crippen LogP contribution in [0.1, 0.15) is 85.0 Å². The van der Waals surface area contributed by atoms with Crippen LogP contribution in [0.3, 0.4) is 0 Å². The molecule has 0 unspecified atom stereocenters. The Bertz CT molecular complexity index is 2560. The Kier molecular flexibility index (Phi) is 11.0. The second kappa shape index (κ2) is 15.9. The molecule has 0 fully saturated rings. The maximum Gasteiger partial charge on any atom is 0.343 e. The zero-order chi connectivity index (χ0) is 43.4. The maximum atomic E-state index is 15.4. The molecule has 1 aliphatic carbocycles. The first-order chi connectivity index (χ1) is 28.4. The number of esters is 1. The van der Waals surface area contributed by atoms with Gasteiger partial charge in [0, 0.05) is 42.0 Å². The van der Waals surface area contributed by atoms with Gasteiger partial charge in [0.15, 0.2) is 5.60 Å². The van der Waals surface area contributed by atoms with E-state index in [-0.39, 0.29) is 49.1 Å². The third kappa shape index (κ3) is 7.24. The van der Waals surface area contributed by atoms with Crippen molar-refractivity contribution in [1.82, 2.24) is 35.4 Å². The fourth-order valence-corrected chi connectivity index (χ4v) is 8.39. The van der Waals surface area contributed by atoms with Gasteiger partial charge in [-0.15, -0.1) is 0 Å². The van der Waals surface area contributed by atoms with Gasteiger partial charge in [-0.2, -0.15) is 0 Å². The van der Waals surface area contributed by atoms with Crippen molar-refractivity contribution in [2.45, 2.75) is 103 Å². The lowest BCUT2D eigenvalue weighted by atomic mass is 9.81. The van der Waals surface area contributed by atoms with Crippen LogP contribution in [-0.2, 0) is 65.1 Å². The topological polar surface area (TPSA) is 245 Å². The first-order valence-electron chi connectivity index (χ1n) is 19.6. The molecule has 0 saturated heterocycles. The van der Waals surface area contributed by atoms with Crippen molar-refractivity contribution in [3.8, 4) is 11.4 Å². The number of carbonyl (C=O) groups is 6. The van der Waals surface area contributed by atoms with Gasteiger partial charge in [0.25, 0.3) is 5.56 Å². The van der Waals surface area contributed by atoms with Crippen molar-refractivity contribution >= 4 is 46.4 Å². The Labute approximate surface area is 342 Å². The van der Waals surface area contributed by atoms with Crippen molar-refractivity contribution in [2.75, 3.05) is 7.05 Å². The number of cyclic esters (lactones) is 1. The Morgan fingerprint density at radius 3 is 2.48 bits per heavy atom. The number of aliphatic hydroxyl groups is 1. The van der Waals surface area contributed by atoms with Crippen molar-refractivity contribution in [3.05, 3.63) is 91.8 Å². The van der Waals surface area contributed by atoms with Gasteiger partial charge in [-0.3, -0.25) is 33.8 Å². The van der Waals surface area contributed by atoms with E-state index in [0.29, 0.717) is 51.0 Å². The number of benzene rings is 1. The number of likely N-dealkylation sites (N-methyl/N-ethyl adjacent to an activating group) is 1. The number of aryl methyl sites for hydroxylation is 1. The molecule has 5 amide bonds. The fourth-order valence-electron chi connectivity index (χ4n) is 8.39. The Balaban J connectivity index is 1.16. The Hall–Kier alpha value is -6.56. The second-order valence-electron chi connectivity index (χ2n) is 15.6. The molecule has 0 radical (unpaired) electrons. The van der Waals surface area contributed by atoms with Gasteiger partial charge in [0.05, 0.1) is 47.9 Å². The zero-order valence-corrected chi connectivity index (χ0v) is 33.7. The van der Waals surface area contributed by atoms with Gasteiger partial charge in [0.2, 0.25) is 29.5 Å². The molecule has 314 valence electrons. The summed E-state index contributed by atoms with van der Waals surface area (Å²) in [5, 5.41) is 20.1. The molecule has 2 aliphatic heterocycles. The molecule has 3 aromatic heterocycles. The summed E-state index contributed by atoms with van der Waals surface area (Å²) in [4.78, 5) is 103. The molecule has 17 nitrogen and oxygen atoms in total. The fraction of sp³-hybridized carbons (Fsp3) is 0.405. The third-order valence-corrected chi connectivity index (χ3v) is 11.9. The van der Waals surface area contributed by atoms with Gasteiger partial charge < -0.3 is 41.0 Å². The summed E-state index contributed by atoms with van der Waals surface area (Å²) in [7, 11) is 1.37. The normalized spacial score (nSPS) is 18.9. The van der Waals surface area contributed by atoms with Crippen molar-refractivity contribution in [1.29, 1.82) is 0 Å². The van der Waals surface area contributed by atoms with Crippen LogP contribution in [-0.4, -0.2) is 85.2 Å². The number of nitrogens with zero attached hydrogens (tertiary/aromatic N) is 4. The molecule has 5 heterocycles. The van der Waals surface area contributed by atoms with Crippen LogP contribution in [0.25, 0.3) is 22.3 Å². The number of fused-ring (bicyclic) bond motifs is 5. The number of hydrogen-bond acceptors (Lipinski definition) is 11. The number of carbonyl (C=O) groups excluding carboxylic acids is 6. The van der Waals surface area contributed by atoms with Gasteiger partial charge in [0.1, 0.15) is 30.5 Å². The van der Waals surface area contributed by atoms with Crippen LogP contribution >= 0.6 is 0 Å². The van der Waals surface area contributed by atoms with E-state index in [1.165, 1.54) is 31.5 Å². The minimum absolute atomic E-state index is 0.00225. The molecule has 7 rings (SSSR count). The van der Waals surface area contributed by atoms with Crippen molar-refractivity contribution < 1.29 is 43.0 Å². The van der Waals surface area contributed by atoms with E-state index in [4.69, 9.17) is 15.5 Å². The number of pyridine rings is 3. The lowest BCUT2D eigenvalue weighted by Crippen LogP contribution is -2.56. The number of halogens is 1. The first kappa shape index (κ1) is 41.6. The number of primary amides is 1. The average molecular weight is 825 g/mol. The molecular weight excluding hydrogens is 780 g/mol. The number of hydrogen-bond donors (Lipinski definition) is 5. The highest BCUT2D eigenvalue weighted by atomic mass is 19.1. The summed E-state index contributed by atoms with van der Waals surface area (Å²) >= 11 is 0. The summed E-state index contributed by atoms with van der Waals surface area (Å²) in [5.41, 5.74) is 6.94. The maximum absolute atomic E-state index is 15.4. The average Bonchev–Trinajstić information content (AvgIpc) is 3.59. The monoisotopic (exact) mass is 824 g/mol. The largest absolute Gasteiger partial charge is 0.458 e. The summed E-state index contributed by atoms with van der Waals surface area (Å²) in [6.07, 6.45) is 3.04. The molecule has 60 heavy (non-hydrogen) atoms. The van der Waals surface area contributed by atoms with E-state index in [0.717, 1.165) is 4.90 Å².